The van der Waals surface area contributed by atoms with Crippen molar-refractivity contribution >= 4 is 11.9 Å². The Kier molecular flexibility index (Phi) is 8.74. The first kappa shape index (κ1) is 25.2. The molecule has 2 atom stereocenters. The fourth-order valence-corrected chi connectivity index (χ4v) is 3.86. The van der Waals surface area contributed by atoms with E-state index in [0.29, 0.717) is 55.1 Å². The van der Waals surface area contributed by atoms with E-state index < -0.39 is 5.97 Å². The van der Waals surface area contributed by atoms with Gasteiger partial charge in [-0.3, -0.25) is 4.79 Å². The number of rotatable bonds is 11. The van der Waals surface area contributed by atoms with Crippen molar-refractivity contribution in [3.05, 3.63) is 54.1 Å². The van der Waals surface area contributed by atoms with E-state index in [0.717, 1.165) is 19.4 Å². The van der Waals surface area contributed by atoms with Crippen LogP contribution < -0.4 is 14.2 Å². The standard InChI is InChI=1S/C27H32O8/c1-2-3-25(32-17-24-16-31-24)33-21-12-14-23(15-13-21)35-27(30)19-6-10-22(11-7-19)34-26(29)18-4-8-20(28)9-5-18/h6-7,10-15,18,20,24-25,28H,2-5,8-9,16-17H2,1H3. The Morgan fingerprint density at radius 1 is 0.943 bits per heavy atom. The number of benzene rings is 2. The number of aliphatic hydroxyl groups is 1. The zero-order valence-corrected chi connectivity index (χ0v) is 19.9. The van der Waals surface area contributed by atoms with Crippen molar-refractivity contribution < 1.29 is 38.4 Å². The molecule has 1 saturated carbocycles. The third-order valence-corrected chi connectivity index (χ3v) is 6.04. The van der Waals surface area contributed by atoms with Gasteiger partial charge in [-0.2, -0.15) is 0 Å². The Bertz CT molecular complexity index is 960. The van der Waals surface area contributed by atoms with Gasteiger partial charge < -0.3 is 28.8 Å². The molecule has 1 saturated heterocycles. The summed E-state index contributed by atoms with van der Waals surface area (Å²) in [5.41, 5.74) is 0.338. The molecule has 0 amide bonds. The van der Waals surface area contributed by atoms with E-state index in [9.17, 15) is 14.7 Å². The average Bonchev–Trinajstić information content (AvgIpc) is 3.69. The van der Waals surface area contributed by atoms with Crippen molar-refractivity contribution in [1.29, 1.82) is 0 Å². The summed E-state index contributed by atoms with van der Waals surface area (Å²) in [4.78, 5) is 24.8. The topological polar surface area (TPSA) is 104 Å². The predicted octanol–water partition coefficient (Wildman–Crippen LogP) is 4.28. The molecular formula is C27H32O8. The van der Waals surface area contributed by atoms with Crippen LogP contribution in [0.1, 0.15) is 55.8 Å². The summed E-state index contributed by atoms with van der Waals surface area (Å²) in [6, 6.07) is 13.1. The molecule has 1 N–H and O–H groups in total. The molecule has 2 aromatic rings. The van der Waals surface area contributed by atoms with E-state index >= 15 is 0 Å². The molecule has 0 aromatic heterocycles. The maximum atomic E-state index is 12.5. The summed E-state index contributed by atoms with van der Waals surface area (Å²) < 4.78 is 27.7. The van der Waals surface area contributed by atoms with Gasteiger partial charge in [-0.25, -0.2) is 4.79 Å². The molecule has 188 valence electrons. The average molecular weight is 485 g/mol. The van der Waals surface area contributed by atoms with E-state index in [-0.39, 0.29) is 30.4 Å². The lowest BCUT2D eigenvalue weighted by atomic mass is 9.87. The van der Waals surface area contributed by atoms with Gasteiger partial charge in [0, 0.05) is 6.42 Å². The lowest BCUT2D eigenvalue weighted by Gasteiger charge is -2.23. The lowest BCUT2D eigenvalue weighted by Crippen LogP contribution is -2.27. The molecule has 0 spiro atoms. The minimum Gasteiger partial charge on any atom is -0.465 e. The van der Waals surface area contributed by atoms with Crippen LogP contribution >= 0.6 is 0 Å². The van der Waals surface area contributed by atoms with Crippen LogP contribution in [0.2, 0.25) is 0 Å². The Hall–Kier alpha value is -2.94. The Balaban J connectivity index is 1.26. The second-order valence-electron chi connectivity index (χ2n) is 8.94. The van der Waals surface area contributed by atoms with Crippen LogP contribution in [0.3, 0.4) is 0 Å². The normalized spacial score (nSPS) is 22.2. The molecule has 2 fully saturated rings. The second kappa shape index (κ2) is 12.2. The Morgan fingerprint density at radius 3 is 2.17 bits per heavy atom. The molecule has 1 aliphatic heterocycles. The number of aliphatic hydroxyl groups excluding tert-OH is 1. The summed E-state index contributed by atoms with van der Waals surface area (Å²) in [5, 5.41) is 9.58. The number of hydrogen-bond acceptors (Lipinski definition) is 8. The highest BCUT2D eigenvalue weighted by Crippen LogP contribution is 2.27. The molecule has 8 heteroatoms. The third kappa shape index (κ3) is 7.78. The minimum absolute atomic E-state index is 0.174. The SMILES string of the molecule is CCCC(OCC1CO1)Oc1ccc(OC(=O)c2ccc(OC(=O)C3CCC(O)CC3)cc2)cc1. The van der Waals surface area contributed by atoms with E-state index in [4.69, 9.17) is 23.7 Å². The monoisotopic (exact) mass is 484 g/mol. The summed E-state index contributed by atoms with van der Waals surface area (Å²) in [6.45, 7) is 3.32. The molecule has 0 bridgehead atoms. The maximum absolute atomic E-state index is 12.5. The van der Waals surface area contributed by atoms with Crippen LogP contribution in [0.5, 0.6) is 17.2 Å². The number of epoxide rings is 1. The van der Waals surface area contributed by atoms with Gasteiger partial charge >= 0.3 is 11.9 Å². The van der Waals surface area contributed by atoms with Crippen molar-refractivity contribution in [1.82, 2.24) is 0 Å². The van der Waals surface area contributed by atoms with Crippen LogP contribution in [0.15, 0.2) is 48.5 Å². The van der Waals surface area contributed by atoms with Gasteiger partial charge in [-0.1, -0.05) is 13.3 Å². The van der Waals surface area contributed by atoms with Gasteiger partial charge in [0.05, 0.1) is 30.8 Å². The number of carbonyl (C=O) groups is 2. The Labute approximate surface area is 205 Å². The van der Waals surface area contributed by atoms with Crippen molar-refractivity contribution in [3.8, 4) is 17.2 Å². The molecule has 2 unspecified atom stereocenters. The molecule has 2 aliphatic rings. The van der Waals surface area contributed by atoms with Gasteiger partial charge in [-0.05, 0) is 74.2 Å². The molecule has 8 nitrogen and oxygen atoms in total. The largest absolute Gasteiger partial charge is 0.465 e. The highest BCUT2D eigenvalue weighted by molar-refractivity contribution is 5.91. The van der Waals surface area contributed by atoms with E-state index in [1.165, 1.54) is 0 Å². The molecule has 4 rings (SSSR count). The third-order valence-electron chi connectivity index (χ3n) is 6.04. The first-order valence-corrected chi connectivity index (χ1v) is 12.2. The van der Waals surface area contributed by atoms with Gasteiger partial charge in [0.2, 0.25) is 0 Å². The van der Waals surface area contributed by atoms with E-state index in [1.54, 1.807) is 48.5 Å². The minimum atomic E-state index is -0.519. The molecule has 2 aromatic carbocycles. The van der Waals surface area contributed by atoms with Crippen molar-refractivity contribution in [3.63, 3.8) is 0 Å². The second-order valence-corrected chi connectivity index (χ2v) is 8.94. The van der Waals surface area contributed by atoms with Crippen LogP contribution in [0.25, 0.3) is 0 Å². The number of ether oxygens (including phenoxy) is 5. The van der Waals surface area contributed by atoms with Crippen LogP contribution in [-0.4, -0.2) is 48.8 Å². The quantitative estimate of drug-likeness (QED) is 0.218. The summed E-state index contributed by atoms with van der Waals surface area (Å²) in [7, 11) is 0. The van der Waals surface area contributed by atoms with Gasteiger partial charge in [0.1, 0.15) is 23.4 Å². The fraction of sp³-hybridized carbons (Fsp3) is 0.481. The molecular weight excluding hydrogens is 452 g/mol. The van der Waals surface area contributed by atoms with Gasteiger partial charge in [-0.15, -0.1) is 0 Å². The molecule has 0 radical (unpaired) electrons. The maximum Gasteiger partial charge on any atom is 0.343 e. The van der Waals surface area contributed by atoms with Crippen molar-refractivity contribution in [2.24, 2.45) is 5.92 Å². The molecule has 35 heavy (non-hydrogen) atoms. The first-order chi connectivity index (χ1) is 17.0. The smallest absolute Gasteiger partial charge is 0.343 e. The summed E-state index contributed by atoms with van der Waals surface area (Å²) in [5.74, 6) is 0.356. The van der Waals surface area contributed by atoms with Crippen LogP contribution in [0.4, 0.5) is 0 Å². The van der Waals surface area contributed by atoms with Gasteiger partial charge in [0.25, 0.3) is 0 Å². The molecule has 1 heterocycles. The zero-order valence-electron chi connectivity index (χ0n) is 19.9. The Morgan fingerprint density at radius 2 is 1.54 bits per heavy atom. The molecule has 1 aliphatic carbocycles. The van der Waals surface area contributed by atoms with Crippen molar-refractivity contribution in [2.75, 3.05) is 13.2 Å². The van der Waals surface area contributed by atoms with E-state index in [1.807, 2.05) is 0 Å². The zero-order chi connectivity index (χ0) is 24.6. The highest BCUT2D eigenvalue weighted by atomic mass is 16.7. The van der Waals surface area contributed by atoms with Crippen molar-refractivity contribution in [2.45, 2.75) is 63.9 Å². The van der Waals surface area contributed by atoms with E-state index in [2.05, 4.69) is 6.92 Å². The predicted molar refractivity (Wildman–Crippen MR) is 126 cm³/mol. The highest BCUT2D eigenvalue weighted by Gasteiger charge is 2.27. The number of esters is 2. The summed E-state index contributed by atoms with van der Waals surface area (Å²) >= 11 is 0. The van der Waals surface area contributed by atoms with Crippen LogP contribution in [0, 0.1) is 5.92 Å². The van der Waals surface area contributed by atoms with Crippen LogP contribution in [-0.2, 0) is 14.3 Å². The lowest BCUT2D eigenvalue weighted by molar-refractivity contribution is -0.140. The number of carbonyl (C=O) groups excluding carboxylic acids is 2. The fourth-order valence-electron chi connectivity index (χ4n) is 3.86. The first-order valence-electron chi connectivity index (χ1n) is 12.2. The number of hydrogen-bond donors (Lipinski definition) is 1. The summed E-state index contributed by atoms with van der Waals surface area (Å²) in [6.07, 6.45) is 3.65. The van der Waals surface area contributed by atoms with Gasteiger partial charge in [0.15, 0.2) is 6.29 Å².